The number of hydrogen-bond donors (Lipinski definition) is 1. The molecule has 4 heteroatoms. The largest absolute Gasteiger partial charge is 0.349 e. The monoisotopic (exact) mass is 287 g/mol. The van der Waals surface area contributed by atoms with E-state index in [0.29, 0.717) is 23.2 Å². The first kappa shape index (κ1) is 15.0. The molecule has 2 aromatic carbocycles. The molecular formula is C18H13N3O. The Balaban J connectivity index is 1.89. The molecule has 4 nitrogen and oxygen atoms in total. The minimum atomic E-state index is -0.195. The summed E-state index contributed by atoms with van der Waals surface area (Å²) in [4.78, 5) is 11.9. The molecule has 106 valence electrons. The highest BCUT2D eigenvalue weighted by atomic mass is 16.1. The lowest BCUT2D eigenvalue weighted by atomic mass is 10.1. The molecule has 0 aromatic heterocycles. The number of hydrogen-bond acceptors (Lipinski definition) is 3. The lowest BCUT2D eigenvalue weighted by Crippen LogP contribution is -2.23. The van der Waals surface area contributed by atoms with E-state index in [4.69, 9.17) is 10.5 Å². The molecule has 22 heavy (non-hydrogen) atoms. The van der Waals surface area contributed by atoms with E-state index >= 15 is 0 Å². The third-order valence-electron chi connectivity index (χ3n) is 2.98. The molecule has 0 spiro atoms. The van der Waals surface area contributed by atoms with E-state index in [2.05, 4.69) is 11.4 Å². The molecule has 0 aliphatic rings. The Labute approximate surface area is 128 Å². The molecule has 0 atom stereocenters. The lowest BCUT2D eigenvalue weighted by Gasteiger charge is -2.02. The van der Waals surface area contributed by atoms with Crippen molar-refractivity contribution in [3.05, 3.63) is 76.9 Å². The van der Waals surface area contributed by atoms with Crippen LogP contribution < -0.4 is 5.32 Å². The second-order valence-corrected chi connectivity index (χ2v) is 4.54. The standard InChI is InChI=1S/C18H13N3O/c19-12-15-6-8-17(9-7-15)18(22)21-10-2-5-14-3-1-4-16(11-14)13-20/h1-9,11H,10H2,(H,21,22). The van der Waals surface area contributed by atoms with Crippen LogP contribution in [0.1, 0.15) is 27.0 Å². The Bertz CT molecular complexity index is 777. The molecule has 0 radical (unpaired) electrons. The summed E-state index contributed by atoms with van der Waals surface area (Å²) >= 11 is 0. The van der Waals surface area contributed by atoms with Gasteiger partial charge in [-0.1, -0.05) is 24.3 Å². The SMILES string of the molecule is N#Cc1ccc(C(=O)NCC=Cc2cccc(C#N)c2)cc1. The molecule has 1 amide bonds. The van der Waals surface area contributed by atoms with Gasteiger partial charge in [0.25, 0.3) is 5.91 Å². The molecule has 2 aromatic rings. The highest BCUT2D eigenvalue weighted by Crippen LogP contribution is 2.06. The molecular weight excluding hydrogens is 274 g/mol. The zero-order chi connectivity index (χ0) is 15.8. The fourth-order valence-corrected chi connectivity index (χ4v) is 1.86. The molecule has 0 aliphatic carbocycles. The van der Waals surface area contributed by atoms with Crippen molar-refractivity contribution < 1.29 is 4.79 Å². The van der Waals surface area contributed by atoms with E-state index in [-0.39, 0.29) is 5.91 Å². The molecule has 0 fully saturated rings. The van der Waals surface area contributed by atoms with Crippen LogP contribution in [0, 0.1) is 22.7 Å². The summed E-state index contributed by atoms with van der Waals surface area (Å²) in [6.45, 7) is 0.385. The van der Waals surface area contributed by atoms with E-state index < -0.39 is 0 Å². The van der Waals surface area contributed by atoms with Gasteiger partial charge in [-0.15, -0.1) is 0 Å². The van der Waals surface area contributed by atoms with Gasteiger partial charge in [-0.3, -0.25) is 4.79 Å². The van der Waals surface area contributed by atoms with Crippen LogP contribution in [-0.2, 0) is 0 Å². The first-order valence-electron chi connectivity index (χ1n) is 6.68. The second-order valence-electron chi connectivity index (χ2n) is 4.54. The molecule has 2 rings (SSSR count). The summed E-state index contributed by atoms with van der Waals surface area (Å²) in [5.74, 6) is -0.195. The number of nitrogens with zero attached hydrogens (tertiary/aromatic N) is 2. The molecule has 0 bridgehead atoms. The highest BCUT2D eigenvalue weighted by Gasteiger charge is 2.03. The van der Waals surface area contributed by atoms with Gasteiger partial charge in [0.1, 0.15) is 0 Å². The van der Waals surface area contributed by atoms with E-state index in [1.807, 2.05) is 30.4 Å². The zero-order valence-corrected chi connectivity index (χ0v) is 11.8. The van der Waals surface area contributed by atoms with Crippen molar-refractivity contribution in [1.29, 1.82) is 10.5 Å². The van der Waals surface area contributed by atoms with Crippen LogP contribution in [0.15, 0.2) is 54.6 Å². The third-order valence-corrected chi connectivity index (χ3v) is 2.98. The topological polar surface area (TPSA) is 76.7 Å². The minimum Gasteiger partial charge on any atom is -0.349 e. The van der Waals surface area contributed by atoms with Crippen LogP contribution >= 0.6 is 0 Å². The average Bonchev–Trinajstić information content (AvgIpc) is 2.58. The summed E-state index contributed by atoms with van der Waals surface area (Å²) < 4.78 is 0. The van der Waals surface area contributed by atoms with Gasteiger partial charge in [0.05, 0.1) is 23.3 Å². The van der Waals surface area contributed by atoms with Crippen LogP contribution in [0.25, 0.3) is 6.08 Å². The second kappa shape index (κ2) is 7.42. The molecule has 1 N–H and O–H groups in total. The normalized spacial score (nSPS) is 9.91. The predicted molar refractivity (Wildman–Crippen MR) is 83.7 cm³/mol. The van der Waals surface area contributed by atoms with Gasteiger partial charge >= 0.3 is 0 Å². The number of amides is 1. The van der Waals surface area contributed by atoms with Gasteiger partial charge in [0.2, 0.25) is 0 Å². The van der Waals surface area contributed by atoms with Gasteiger partial charge < -0.3 is 5.32 Å². The summed E-state index contributed by atoms with van der Waals surface area (Å²) in [7, 11) is 0. The van der Waals surface area contributed by atoms with Crippen molar-refractivity contribution in [3.8, 4) is 12.1 Å². The minimum absolute atomic E-state index is 0.195. The summed E-state index contributed by atoms with van der Waals surface area (Å²) in [6.07, 6.45) is 3.66. The lowest BCUT2D eigenvalue weighted by molar-refractivity contribution is 0.0958. The first-order valence-corrected chi connectivity index (χ1v) is 6.68. The molecule has 0 unspecified atom stereocenters. The Morgan fingerprint density at radius 3 is 2.45 bits per heavy atom. The highest BCUT2D eigenvalue weighted by molar-refractivity contribution is 5.94. The molecule has 0 saturated heterocycles. The van der Waals surface area contributed by atoms with Crippen LogP contribution in [0.2, 0.25) is 0 Å². The van der Waals surface area contributed by atoms with Gasteiger partial charge in [-0.2, -0.15) is 10.5 Å². The summed E-state index contributed by atoms with van der Waals surface area (Å²) in [5.41, 5.74) is 2.54. The van der Waals surface area contributed by atoms with E-state index in [0.717, 1.165) is 5.56 Å². The molecule has 0 aliphatic heterocycles. The number of nitriles is 2. The van der Waals surface area contributed by atoms with Crippen LogP contribution in [-0.4, -0.2) is 12.5 Å². The number of benzene rings is 2. The third kappa shape index (κ3) is 4.06. The van der Waals surface area contributed by atoms with Gasteiger partial charge in [0, 0.05) is 12.1 Å². The van der Waals surface area contributed by atoms with Crippen molar-refractivity contribution in [2.45, 2.75) is 0 Å². The zero-order valence-electron chi connectivity index (χ0n) is 11.8. The van der Waals surface area contributed by atoms with Crippen molar-refractivity contribution in [2.24, 2.45) is 0 Å². The predicted octanol–water partition coefficient (Wildman–Crippen LogP) is 2.87. The Kier molecular flexibility index (Phi) is 5.07. The summed E-state index contributed by atoms with van der Waals surface area (Å²) in [5, 5.41) is 20.3. The van der Waals surface area contributed by atoms with Gasteiger partial charge in [-0.25, -0.2) is 0 Å². The van der Waals surface area contributed by atoms with Crippen LogP contribution in [0.3, 0.4) is 0 Å². The van der Waals surface area contributed by atoms with Crippen LogP contribution in [0.4, 0.5) is 0 Å². The Morgan fingerprint density at radius 2 is 1.77 bits per heavy atom. The maximum absolute atomic E-state index is 11.9. The van der Waals surface area contributed by atoms with Gasteiger partial charge in [0.15, 0.2) is 0 Å². The number of nitrogens with one attached hydrogen (secondary N) is 1. The van der Waals surface area contributed by atoms with Crippen molar-refractivity contribution in [3.63, 3.8) is 0 Å². The average molecular weight is 287 g/mol. The van der Waals surface area contributed by atoms with E-state index in [1.165, 1.54) is 0 Å². The Morgan fingerprint density at radius 1 is 1.05 bits per heavy atom. The Hall–Kier alpha value is -3.37. The van der Waals surface area contributed by atoms with Gasteiger partial charge in [-0.05, 0) is 42.0 Å². The maximum atomic E-state index is 11.9. The quantitative estimate of drug-likeness (QED) is 0.939. The molecule has 0 saturated carbocycles. The van der Waals surface area contributed by atoms with Crippen molar-refractivity contribution in [1.82, 2.24) is 5.32 Å². The number of carbonyl (C=O) groups is 1. The van der Waals surface area contributed by atoms with E-state index in [9.17, 15) is 4.79 Å². The molecule has 0 heterocycles. The number of carbonyl (C=O) groups excluding carboxylic acids is 1. The summed E-state index contributed by atoms with van der Waals surface area (Å²) in [6, 6.07) is 17.8. The fourth-order valence-electron chi connectivity index (χ4n) is 1.86. The number of rotatable bonds is 4. The van der Waals surface area contributed by atoms with E-state index in [1.54, 1.807) is 36.4 Å². The first-order chi connectivity index (χ1) is 10.7. The van der Waals surface area contributed by atoms with Crippen molar-refractivity contribution in [2.75, 3.05) is 6.54 Å². The smallest absolute Gasteiger partial charge is 0.251 e. The van der Waals surface area contributed by atoms with Crippen molar-refractivity contribution >= 4 is 12.0 Å². The fraction of sp³-hybridized carbons (Fsp3) is 0.0556. The van der Waals surface area contributed by atoms with Crippen LogP contribution in [0.5, 0.6) is 0 Å². The maximum Gasteiger partial charge on any atom is 0.251 e.